The van der Waals surface area contributed by atoms with Crippen LogP contribution in [0.5, 0.6) is 0 Å². The summed E-state index contributed by atoms with van der Waals surface area (Å²) in [6.07, 6.45) is 1.73. The minimum absolute atomic E-state index is 0.0276. The monoisotopic (exact) mass is 335 g/mol. The average molecular weight is 335 g/mol. The third-order valence-electron chi connectivity index (χ3n) is 4.56. The summed E-state index contributed by atoms with van der Waals surface area (Å²) >= 11 is 0. The summed E-state index contributed by atoms with van der Waals surface area (Å²) in [5.41, 5.74) is 6.30. The second-order valence-corrected chi connectivity index (χ2v) is 7.64. The average Bonchev–Trinajstić information content (AvgIpc) is 2.89. The number of rotatable bonds is 3. The molecule has 4 heteroatoms. The number of imidazole rings is 1. The van der Waals surface area contributed by atoms with Crippen molar-refractivity contribution in [2.45, 2.75) is 46.6 Å². The quantitative estimate of drug-likeness (QED) is 0.761. The van der Waals surface area contributed by atoms with Crippen LogP contribution in [0, 0.1) is 13.8 Å². The van der Waals surface area contributed by atoms with E-state index in [-0.39, 0.29) is 17.9 Å². The predicted molar refractivity (Wildman–Crippen MR) is 103 cm³/mol. The Morgan fingerprint density at radius 3 is 2.52 bits per heavy atom. The number of nitrogens with zero attached hydrogens (tertiary/aromatic N) is 2. The van der Waals surface area contributed by atoms with E-state index in [0.29, 0.717) is 0 Å². The fourth-order valence-corrected chi connectivity index (χ4v) is 3.03. The Morgan fingerprint density at radius 2 is 1.80 bits per heavy atom. The van der Waals surface area contributed by atoms with Gasteiger partial charge < -0.3 is 9.88 Å². The largest absolute Gasteiger partial charge is 0.324 e. The Labute approximate surface area is 148 Å². The van der Waals surface area contributed by atoms with Crippen molar-refractivity contribution in [1.82, 2.24) is 9.55 Å². The number of carbonyl (C=O) groups is 1. The fraction of sp³-hybridized carbons (Fsp3) is 0.333. The summed E-state index contributed by atoms with van der Waals surface area (Å²) < 4.78 is 1.90. The summed E-state index contributed by atoms with van der Waals surface area (Å²) in [5, 5.41) is 3.06. The van der Waals surface area contributed by atoms with Crippen LogP contribution in [0.3, 0.4) is 0 Å². The Balaban J connectivity index is 1.84. The molecule has 0 radical (unpaired) electrons. The molecule has 1 N–H and O–H groups in total. The second-order valence-electron chi connectivity index (χ2n) is 7.64. The summed E-state index contributed by atoms with van der Waals surface area (Å²) in [4.78, 5) is 17.0. The Morgan fingerprint density at radius 1 is 1.12 bits per heavy atom. The lowest BCUT2D eigenvalue weighted by molar-refractivity contribution is -0.116. The standard InChI is InChI=1S/C21H25N3O/c1-14-10-18-19(11-15(14)2)24(13-22-18)12-20(25)23-17-9-7-6-8-16(17)21(3,4)5/h6-11,13H,12H2,1-5H3,(H,23,25). The molecule has 0 unspecified atom stereocenters. The van der Waals surface area contributed by atoms with Crippen molar-refractivity contribution in [2.75, 3.05) is 5.32 Å². The number of fused-ring (bicyclic) bond motifs is 1. The maximum absolute atomic E-state index is 12.6. The van der Waals surface area contributed by atoms with Crippen LogP contribution in [0.4, 0.5) is 5.69 Å². The molecule has 0 aliphatic heterocycles. The zero-order valence-corrected chi connectivity index (χ0v) is 15.6. The van der Waals surface area contributed by atoms with E-state index in [4.69, 9.17) is 0 Å². The molecule has 0 bridgehead atoms. The van der Waals surface area contributed by atoms with Crippen molar-refractivity contribution in [1.29, 1.82) is 0 Å². The molecule has 3 aromatic rings. The van der Waals surface area contributed by atoms with Gasteiger partial charge in [0.15, 0.2) is 0 Å². The van der Waals surface area contributed by atoms with E-state index in [9.17, 15) is 4.79 Å². The topological polar surface area (TPSA) is 46.9 Å². The highest BCUT2D eigenvalue weighted by molar-refractivity contribution is 5.92. The van der Waals surface area contributed by atoms with E-state index < -0.39 is 0 Å². The zero-order valence-electron chi connectivity index (χ0n) is 15.6. The highest BCUT2D eigenvalue weighted by Crippen LogP contribution is 2.29. The molecule has 0 saturated heterocycles. The van der Waals surface area contributed by atoms with Crippen LogP contribution in [-0.2, 0) is 16.8 Å². The number of carbonyl (C=O) groups excluding carboxylic acids is 1. The summed E-state index contributed by atoms with van der Waals surface area (Å²) in [5.74, 6) is -0.0470. The SMILES string of the molecule is Cc1cc2ncn(CC(=O)Nc3ccccc3C(C)(C)C)c2cc1C. The molecule has 0 aliphatic carbocycles. The zero-order chi connectivity index (χ0) is 18.2. The third-order valence-corrected chi connectivity index (χ3v) is 4.56. The summed E-state index contributed by atoms with van der Waals surface area (Å²) in [6, 6.07) is 12.1. The first-order valence-electron chi connectivity index (χ1n) is 8.57. The van der Waals surface area contributed by atoms with Crippen LogP contribution in [-0.4, -0.2) is 15.5 Å². The molecule has 25 heavy (non-hydrogen) atoms. The number of benzene rings is 2. The van der Waals surface area contributed by atoms with Gasteiger partial charge in [-0.1, -0.05) is 39.0 Å². The van der Waals surface area contributed by atoms with Gasteiger partial charge >= 0.3 is 0 Å². The van der Waals surface area contributed by atoms with Gasteiger partial charge in [-0.25, -0.2) is 4.98 Å². The van der Waals surface area contributed by atoms with E-state index in [1.165, 1.54) is 11.1 Å². The molecule has 1 aromatic heterocycles. The third kappa shape index (κ3) is 3.58. The first-order chi connectivity index (χ1) is 11.8. The molecule has 1 heterocycles. The van der Waals surface area contributed by atoms with Crippen LogP contribution in [0.2, 0.25) is 0 Å². The van der Waals surface area contributed by atoms with Crippen molar-refractivity contribution in [3.05, 3.63) is 59.4 Å². The number of amides is 1. The van der Waals surface area contributed by atoms with Crippen molar-refractivity contribution in [3.63, 3.8) is 0 Å². The number of aromatic nitrogens is 2. The van der Waals surface area contributed by atoms with Crippen LogP contribution in [0.1, 0.15) is 37.5 Å². The molecular weight excluding hydrogens is 310 g/mol. The van der Waals surface area contributed by atoms with Crippen molar-refractivity contribution < 1.29 is 4.79 Å². The van der Waals surface area contributed by atoms with E-state index in [0.717, 1.165) is 22.3 Å². The van der Waals surface area contributed by atoms with Crippen LogP contribution in [0.15, 0.2) is 42.7 Å². The Bertz CT molecular complexity index is 932. The highest BCUT2D eigenvalue weighted by Gasteiger charge is 2.18. The maximum atomic E-state index is 12.6. The second kappa shape index (κ2) is 6.36. The molecule has 2 aromatic carbocycles. The van der Waals surface area contributed by atoms with E-state index >= 15 is 0 Å². The highest BCUT2D eigenvalue weighted by atomic mass is 16.1. The first kappa shape index (κ1) is 17.2. The summed E-state index contributed by atoms with van der Waals surface area (Å²) in [6.45, 7) is 10.8. The number of hydrogen-bond acceptors (Lipinski definition) is 2. The van der Waals surface area contributed by atoms with Gasteiger partial charge in [-0.2, -0.15) is 0 Å². The Kier molecular flexibility index (Phi) is 4.38. The van der Waals surface area contributed by atoms with Crippen LogP contribution in [0.25, 0.3) is 11.0 Å². The van der Waals surface area contributed by atoms with Crippen molar-refractivity contribution >= 4 is 22.6 Å². The maximum Gasteiger partial charge on any atom is 0.244 e. The number of hydrogen-bond donors (Lipinski definition) is 1. The smallest absolute Gasteiger partial charge is 0.244 e. The molecule has 0 aliphatic rings. The van der Waals surface area contributed by atoms with Crippen LogP contribution < -0.4 is 5.32 Å². The number of anilines is 1. The van der Waals surface area contributed by atoms with Gasteiger partial charge in [0, 0.05) is 5.69 Å². The fourth-order valence-electron chi connectivity index (χ4n) is 3.03. The van der Waals surface area contributed by atoms with Gasteiger partial charge in [-0.3, -0.25) is 4.79 Å². The lowest BCUT2D eigenvalue weighted by Gasteiger charge is -2.23. The molecule has 0 fully saturated rings. The first-order valence-corrected chi connectivity index (χ1v) is 8.57. The minimum Gasteiger partial charge on any atom is -0.324 e. The van der Waals surface area contributed by atoms with E-state index in [1.54, 1.807) is 6.33 Å². The minimum atomic E-state index is -0.0470. The van der Waals surface area contributed by atoms with Gasteiger partial charge in [0.2, 0.25) is 5.91 Å². The van der Waals surface area contributed by atoms with E-state index in [2.05, 4.69) is 63.1 Å². The molecule has 0 atom stereocenters. The predicted octanol–water partition coefficient (Wildman–Crippen LogP) is 4.59. The van der Waals surface area contributed by atoms with Gasteiger partial charge in [0.25, 0.3) is 0 Å². The van der Waals surface area contributed by atoms with Gasteiger partial charge in [-0.05, 0) is 54.2 Å². The lowest BCUT2D eigenvalue weighted by Crippen LogP contribution is -2.21. The Hall–Kier alpha value is -2.62. The van der Waals surface area contributed by atoms with E-state index in [1.807, 2.05) is 22.8 Å². The molecular formula is C21H25N3O. The molecule has 4 nitrogen and oxygen atoms in total. The van der Waals surface area contributed by atoms with Gasteiger partial charge in [-0.15, -0.1) is 0 Å². The summed E-state index contributed by atoms with van der Waals surface area (Å²) in [7, 11) is 0. The molecule has 1 amide bonds. The number of nitrogens with one attached hydrogen (secondary N) is 1. The van der Waals surface area contributed by atoms with Crippen molar-refractivity contribution in [2.24, 2.45) is 0 Å². The molecule has 3 rings (SSSR count). The lowest BCUT2D eigenvalue weighted by atomic mass is 9.86. The van der Waals surface area contributed by atoms with Crippen LogP contribution >= 0.6 is 0 Å². The normalized spacial score (nSPS) is 11.7. The number of para-hydroxylation sites is 1. The molecule has 130 valence electrons. The molecule has 0 spiro atoms. The van der Waals surface area contributed by atoms with Gasteiger partial charge in [0.1, 0.15) is 6.54 Å². The number of aryl methyl sites for hydroxylation is 2. The van der Waals surface area contributed by atoms with Crippen molar-refractivity contribution in [3.8, 4) is 0 Å². The molecule has 0 saturated carbocycles. The van der Waals surface area contributed by atoms with Gasteiger partial charge in [0.05, 0.1) is 17.4 Å².